The van der Waals surface area contributed by atoms with Crippen LogP contribution >= 0.6 is 15.9 Å². The smallest absolute Gasteiger partial charge is 0.312 e. The summed E-state index contributed by atoms with van der Waals surface area (Å²) in [6, 6.07) is 5.01. The molecule has 0 aromatic heterocycles. The minimum Gasteiger partial charge on any atom is -0.466 e. The average molecular weight is 429 g/mol. The van der Waals surface area contributed by atoms with Gasteiger partial charge in [-0.05, 0) is 32.0 Å². The Labute approximate surface area is 159 Å². The Kier molecular flexibility index (Phi) is 8.77. The van der Waals surface area contributed by atoms with Gasteiger partial charge in [-0.25, -0.2) is 0 Å². The second-order valence-corrected chi connectivity index (χ2v) is 6.15. The molecule has 0 fully saturated rings. The van der Waals surface area contributed by atoms with Crippen molar-refractivity contribution >= 4 is 39.7 Å². The van der Waals surface area contributed by atoms with Crippen molar-refractivity contribution in [2.24, 2.45) is 11.7 Å². The molecule has 0 aliphatic rings. The van der Waals surface area contributed by atoms with E-state index in [1.807, 2.05) is 0 Å². The van der Waals surface area contributed by atoms with Crippen molar-refractivity contribution in [2.75, 3.05) is 13.2 Å². The lowest BCUT2D eigenvalue weighted by atomic mass is 9.95. The largest absolute Gasteiger partial charge is 0.466 e. The molecular weight excluding hydrogens is 408 g/mol. The molecule has 0 saturated carbocycles. The van der Waals surface area contributed by atoms with Crippen LogP contribution in [0.5, 0.6) is 0 Å². The van der Waals surface area contributed by atoms with Crippen LogP contribution in [0, 0.1) is 5.92 Å². The van der Waals surface area contributed by atoms with E-state index in [4.69, 9.17) is 15.2 Å². The first kappa shape index (κ1) is 21.6. The highest BCUT2D eigenvalue weighted by atomic mass is 79.9. The van der Waals surface area contributed by atoms with Gasteiger partial charge in [-0.2, -0.15) is 0 Å². The third kappa shape index (κ3) is 6.47. The number of nitrogens with two attached hydrogens (primary N) is 1. The number of carbonyl (C=O) groups excluding carboxylic acids is 4. The Morgan fingerprint density at radius 2 is 1.81 bits per heavy atom. The number of primary amides is 1. The fourth-order valence-electron chi connectivity index (χ4n) is 2.21. The normalized spacial score (nSPS) is 12.6. The second-order valence-electron chi connectivity index (χ2n) is 5.23. The lowest BCUT2D eigenvalue weighted by Crippen LogP contribution is -2.52. The quantitative estimate of drug-likeness (QED) is 0.568. The van der Waals surface area contributed by atoms with Gasteiger partial charge in [0.2, 0.25) is 5.91 Å². The molecule has 26 heavy (non-hydrogen) atoms. The van der Waals surface area contributed by atoms with Crippen molar-refractivity contribution in [3.63, 3.8) is 0 Å². The summed E-state index contributed by atoms with van der Waals surface area (Å²) in [4.78, 5) is 48.3. The predicted molar refractivity (Wildman–Crippen MR) is 96.0 cm³/mol. The van der Waals surface area contributed by atoms with E-state index in [0.29, 0.717) is 4.47 Å². The van der Waals surface area contributed by atoms with E-state index in [2.05, 4.69) is 21.2 Å². The van der Waals surface area contributed by atoms with Gasteiger partial charge in [-0.3, -0.25) is 19.2 Å². The Morgan fingerprint density at radius 3 is 2.35 bits per heavy atom. The molecule has 142 valence electrons. The first-order valence-electron chi connectivity index (χ1n) is 7.98. The summed E-state index contributed by atoms with van der Waals surface area (Å²) in [7, 11) is 0. The molecule has 0 bridgehead atoms. The zero-order valence-corrected chi connectivity index (χ0v) is 16.1. The number of carbonyl (C=O) groups is 4. The number of amides is 2. The van der Waals surface area contributed by atoms with Gasteiger partial charge in [0.1, 0.15) is 6.04 Å². The Morgan fingerprint density at radius 1 is 1.15 bits per heavy atom. The van der Waals surface area contributed by atoms with Crippen molar-refractivity contribution in [1.29, 1.82) is 0 Å². The van der Waals surface area contributed by atoms with Gasteiger partial charge < -0.3 is 20.5 Å². The Balaban J connectivity index is 3.06. The molecule has 3 N–H and O–H groups in total. The molecule has 1 aromatic carbocycles. The third-order valence-corrected chi connectivity index (χ3v) is 3.86. The molecule has 0 unspecified atom stereocenters. The van der Waals surface area contributed by atoms with Crippen molar-refractivity contribution in [3.8, 4) is 0 Å². The highest BCUT2D eigenvalue weighted by Gasteiger charge is 2.37. The maximum Gasteiger partial charge on any atom is 0.312 e. The van der Waals surface area contributed by atoms with Crippen LogP contribution < -0.4 is 11.1 Å². The van der Waals surface area contributed by atoms with Crippen molar-refractivity contribution < 1.29 is 28.7 Å². The molecule has 0 radical (unpaired) electrons. The summed E-state index contributed by atoms with van der Waals surface area (Å²) >= 11 is 3.24. The summed E-state index contributed by atoms with van der Waals surface area (Å²) in [6.45, 7) is 3.35. The molecule has 9 heteroatoms. The van der Waals surface area contributed by atoms with Gasteiger partial charge in [-0.1, -0.05) is 22.0 Å². The SMILES string of the molecule is CCOC(=O)C[C@H](C(=O)OCC)[C@H](NC(=O)c1cccc(Br)c1)C(N)=O. The highest BCUT2D eigenvalue weighted by molar-refractivity contribution is 9.10. The minimum atomic E-state index is -1.43. The number of hydrogen-bond acceptors (Lipinski definition) is 6. The number of benzene rings is 1. The van der Waals surface area contributed by atoms with Gasteiger partial charge in [0.05, 0.1) is 25.6 Å². The van der Waals surface area contributed by atoms with Gasteiger partial charge in [-0.15, -0.1) is 0 Å². The summed E-state index contributed by atoms with van der Waals surface area (Å²) < 4.78 is 10.4. The standard InChI is InChI=1S/C17H21BrN2O6/c1-3-25-13(21)9-12(17(24)26-4-2)14(15(19)22)20-16(23)10-6-5-7-11(18)8-10/h5-8,12,14H,3-4,9H2,1-2H3,(H2,19,22)(H,20,23)/t12-,14-/m0/s1. The zero-order chi connectivity index (χ0) is 19.7. The molecule has 0 heterocycles. The maximum absolute atomic E-state index is 12.4. The second kappa shape index (κ2) is 10.5. The van der Waals surface area contributed by atoms with E-state index in [9.17, 15) is 19.2 Å². The van der Waals surface area contributed by atoms with E-state index in [0.717, 1.165) is 0 Å². The lowest BCUT2D eigenvalue weighted by Gasteiger charge is -2.23. The number of esters is 2. The zero-order valence-electron chi connectivity index (χ0n) is 14.5. The van der Waals surface area contributed by atoms with Crippen molar-refractivity contribution in [1.82, 2.24) is 5.32 Å². The number of hydrogen-bond donors (Lipinski definition) is 2. The van der Waals surface area contributed by atoms with Crippen LogP contribution in [0.2, 0.25) is 0 Å². The minimum absolute atomic E-state index is 0.0449. The van der Waals surface area contributed by atoms with Crippen LogP contribution in [-0.4, -0.2) is 43.0 Å². The van der Waals surface area contributed by atoms with Crippen LogP contribution in [0.25, 0.3) is 0 Å². The molecular formula is C17H21BrN2O6. The molecule has 8 nitrogen and oxygen atoms in total. The molecule has 0 spiro atoms. The Hall–Kier alpha value is -2.42. The number of ether oxygens (including phenoxy) is 2. The molecule has 0 aliphatic heterocycles. The molecule has 0 aliphatic carbocycles. The van der Waals surface area contributed by atoms with E-state index in [1.165, 1.54) is 12.1 Å². The Bertz CT molecular complexity index is 679. The van der Waals surface area contributed by atoms with E-state index in [-0.39, 0.29) is 18.8 Å². The summed E-state index contributed by atoms with van der Waals surface area (Å²) in [5.74, 6) is -4.39. The maximum atomic E-state index is 12.4. The predicted octanol–water partition coefficient (Wildman–Crippen LogP) is 1.17. The molecule has 0 saturated heterocycles. The number of nitrogens with one attached hydrogen (secondary N) is 1. The van der Waals surface area contributed by atoms with E-state index >= 15 is 0 Å². The molecule has 2 amide bonds. The molecule has 2 atom stereocenters. The van der Waals surface area contributed by atoms with E-state index in [1.54, 1.807) is 26.0 Å². The van der Waals surface area contributed by atoms with Gasteiger partial charge in [0, 0.05) is 10.0 Å². The van der Waals surface area contributed by atoms with Gasteiger partial charge in [0.15, 0.2) is 0 Å². The van der Waals surface area contributed by atoms with Crippen LogP contribution in [0.4, 0.5) is 0 Å². The van der Waals surface area contributed by atoms with Crippen molar-refractivity contribution in [2.45, 2.75) is 26.3 Å². The van der Waals surface area contributed by atoms with Crippen LogP contribution in [0.3, 0.4) is 0 Å². The fourth-order valence-corrected chi connectivity index (χ4v) is 2.61. The monoisotopic (exact) mass is 428 g/mol. The topological polar surface area (TPSA) is 125 Å². The van der Waals surface area contributed by atoms with Crippen LogP contribution in [-0.2, 0) is 23.9 Å². The summed E-state index contributed by atoms with van der Waals surface area (Å²) in [5.41, 5.74) is 5.61. The molecule has 1 aromatic rings. The average Bonchev–Trinajstić information content (AvgIpc) is 2.58. The first-order valence-corrected chi connectivity index (χ1v) is 8.77. The molecule has 1 rings (SSSR count). The van der Waals surface area contributed by atoms with Gasteiger partial charge >= 0.3 is 11.9 Å². The highest BCUT2D eigenvalue weighted by Crippen LogP contribution is 2.16. The number of rotatable bonds is 9. The van der Waals surface area contributed by atoms with E-state index < -0.39 is 42.1 Å². The summed E-state index contributed by atoms with van der Waals surface area (Å²) in [5, 5.41) is 2.40. The first-order chi connectivity index (χ1) is 12.3. The van der Waals surface area contributed by atoms with Crippen molar-refractivity contribution in [3.05, 3.63) is 34.3 Å². The lowest BCUT2D eigenvalue weighted by molar-refractivity contribution is -0.156. The third-order valence-electron chi connectivity index (χ3n) is 3.36. The summed E-state index contributed by atoms with van der Waals surface area (Å²) in [6.07, 6.45) is -0.445. The van der Waals surface area contributed by atoms with Crippen LogP contribution in [0.15, 0.2) is 28.7 Å². The number of halogens is 1. The fraction of sp³-hybridized carbons (Fsp3) is 0.412. The van der Waals surface area contributed by atoms with Gasteiger partial charge in [0.25, 0.3) is 5.91 Å². The van der Waals surface area contributed by atoms with Crippen LogP contribution in [0.1, 0.15) is 30.6 Å².